The largest absolute Gasteiger partial charge is 0.329 e. The maximum atomic E-state index is 12.5. The number of sulfonamides is 1. The molecule has 0 saturated heterocycles. The average Bonchev–Trinajstić information content (AvgIpc) is 2.65. The highest BCUT2D eigenvalue weighted by atomic mass is 32.2. The van der Waals surface area contributed by atoms with E-state index in [1.54, 1.807) is 13.8 Å². The summed E-state index contributed by atoms with van der Waals surface area (Å²) in [6.45, 7) is 7.73. The smallest absolute Gasteiger partial charge is 0.246 e. The number of aromatic nitrogens is 2. The van der Waals surface area contributed by atoms with E-state index in [0.717, 1.165) is 0 Å². The first kappa shape index (κ1) is 14.1. The highest BCUT2D eigenvalue weighted by molar-refractivity contribution is 7.89. The number of aromatic amines is 1. The number of rotatable bonds is 5. The Bertz CT molecular complexity index is 478. The number of nitrogens with two attached hydrogens (primary N) is 1. The molecule has 3 N–H and O–H groups in total. The van der Waals surface area contributed by atoms with Gasteiger partial charge in [0.25, 0.3) is 0 Å². The van der Waals surface area contributed by atoms with Gasteiger partial charge < -0.3 is 5.73 Å². The molecule has 0 aliphatic heterocycles. The van der Waals surface area contributed by atoms with Crippen LogP contribution in [0, 0.1) is 6.92 Å². The molecule has 17 heavy (non-hydrogen) atoms. The number of nitrogens with one attached hydrogen (secondary N) is 1. The quantitative estimate of drug-likeness (QED) is 0.804. The van der Waals surface area contributed by atoms with E-state index in [2.05, 4.69) is 10.2 Å². The Morgan fingerprint density at radius 2 is 2.12 bits per heavy atom. The van der Waals surface area contributed by atoms with E-state index in [1.165, 1.54) is 10.5 Å². The third-order valence-electron chi connectivity index (χ3n) is 2.81. The summed E-state index contributed by atoms with van der Waals surface area (Å²) in [6.07, 6.45) is 1.33. The van der Waals surface area contributed by atoms with Crippen molar-refractivity contribution in [1.29, 1.82) is 0 Å². The van der Waals surface area contributed by atoms with Gasteiger partial charge in [0.1, 0.15) is 4.90 Å². The van der Waals surface area contributed by atoms with Gasteiger partial charge in [-0.2, -0.15) is 9.40 Å². The second-order valence-electron chi connectivity index (χ2n) is 4.55. The molecule has 0 unspecified atom stereocenters. The van der Waals surface area contributed by atoms with Crippen LogP contribution in [0.1, 0.15) is 26.5 Å². The first-order valence-corrected chi connectivity index (χ1v) is 6.94. The van der Waals surface area contributed by atoms with Gasteiger partial charge in [-0.15, -0.1) is 0 Å². The van der Waals surface area contributed by atoms with Crippen LogP contribution in [-0.2, 0) is 10.0 Å². The molecular formula is C10H20N4O2S. The van der Waals surface area contributed by atoms with Crippen molar-refractivity contribution >= 4 is 10.0 Å². The van der Waals surface area contributed by atoms with E-state index in [-0.39, 0.29) is 11.4 Å². The molecule has 0 atom stereocenters. The van der Waals surface area contributed by atoms with Crippen LogP contribution in [0.2, 0.25) is 0 Å². The molecule has 0 aliphatic carbocycles. The summed E-state index contributed by atoms with van der Waals surface area (Å²) in [5.74, 6) is 0. The summed E-state index contributed by atoms with van der Waals surface area (Å²) in [5, 5.41) is 6.39. The molecule has 0 spiro atoms. The summed E-state index contributed by atoms with van der Waals surface area (Å²) in [6, 6.07) is 0. The summed E-state index contributed by atoms with van der Waals surface area (Å²) in [5.41, 5.74) is 5.57. The second-order valence-corrected chi connectivity index (χ2v) is 6.38. The standard InChI is InChI=1S/C10H20N4O2S/c1-5-14(10(3,4)7-11)17(15,16)9-6-12-13-8(9)2/h6H,5,7,11H2,1-4H3,(H,12,13). The zero-order valence-electron chi connectivity index (χ0n) is 10.7. The molecule has 6 nitrogen and oxygen atoms in total. The van der Waals surface area contributed by atoms with E-state index in [0.29, 0.717) is 12.2 Å². The Morgan fingerprint density at radius 1 is 1.53 bits per heavy atom. The van der Waals surface area contributed by atoms with Crippen molar-refractivity contribution in [1.82, 2.24) is 14.5 Å². The molecule has 0 radical (unpaired) electrons. The molecule has 1 aromatic heterocycles. The fourth-order valence-corrected chi connectivity index (χ4v) is 3.66. The number of nitrogens with zero attached hydrogens (tertiary/aromatic N) is 2. The van der Waals surface area contributed by atoms with E-state index in [1.807, 2.05) is 13.8 Å². The fourth-order valence-electron chi connectivity index (χ4n) is 1.74. The summed E-state index contributed by atoms with van der Waals surface area (Å²) in [7, 11) is -3.55. The predicted octanol–water partition coefficient (Wildman–Crippen LogP) is 0.466. The number of hydrogen-bond acceptors (Lipinski definition) is 4. The SMILES string of the molecule is CCN(C(C)(C)CN)S(=O)(=O)c1cn[nH]c1C. The zero-order chi connectivity index (χ0) is 13.3. The second kappa shape index (κ2) is 4.75. The van der Waals surface area contributed by atoms with Crippen LogP contribution in [0.15, 0.2) is 11.1 Å². The molecule has 0 saturated carbocycles. The maximum Gasteiger partial charge on any atom is 0.246 e. The third-order valence-corrected chi connectivity index (χ3v) is 5.11. The minimum atomic E-state index is -3.55. The van der Waals surface area contributed by atoms with E-state index in [9.17, 15) is 8.42 Å². The van der Waals surface area contributed by atoms with Crippen molar-refractivity contribution in [2.75, 3.05) is 13.1 Å². The topological polar surface area (TPSA) is 92.1 Å². The predicted molar refractivity (Wildman–Crippen MR) is 66.0 cm³/mol. The van der Waals surface area contributed by atoms with Gasteiger partial charge in [0.2, 0.25) is 10.0 Å². The lowest BCUT2D eigenvalue weighted by atomic mass is 10.1. The van der Waals surface area contributed by atoms with Gasteiger partial charge in [-0.25, -0.2) is 8.42 Å². The molecule has 0 amide bonds. The van der Waals surface area contributed by atoms with Crippen LogP contribution in [0.25, 0.3) is 0 Å². The normalized spacial score (nSPS) is 13.3. The Labute approximate surface area is 102 Å². The molecule has 0 fully saturated rings. The summed E-state index contributed by atoms with van der Waals surface area (Å²) in [4.78, 5) is 0.209. The number of H-pyrrole nitrogens is 1. The Kier molecular flexibility index (Phi) is 3.95. The van der Waals surface area contributed by atoms with Gasteiger partial charge in [0.05, 0.1) is 11.9 Å². The van der Waals surface area contributed by atoms with E-state index < -0.39 is 15.6 Å². The lowest BCUT2D eigenvalue weighted by molar-refractivity contribution is 0.244. The first-order valence-electron chi connectivity index (χ1n) is 5.50. The molecule has 0 aromatic carbocycles. The molecule has 0 bridgehead atoms. The molecule has 1 rings (SSSR count). The van der Waals surface area contributed by atoms with Crippen molar-refractivity contribution in [3.05, 3.63) is 11.9 Å². The molecular weight excluding hydrogens is 240 g/mol. The van der Waals surface area contributed by atoms with Crippen molar-refractivity contribution in [2.24, 2.45) is 5.73 Å². The molecule has 0 aliphatic rings. The Balaban J connectivity index is 3.26. The molecule has 1 heterocycles. The van der Waals surface area contributed by atoms with E-state index in [4.69, 9.17) is 5.73 Å². The van der Waals surface area contributed by atoms with Crippen LogP contribution in [0.3, 0.4) is 0 Å². The third kappa shape index (κ3) is 2.51. The van der Waals surface area contributed by atoms with Crippen molar-refractivity contribution < 1.29 is 8.42 Å². The van der Waals surface area contributed by atoms with Gasteiger partial charge in [-0.1, -0.05) is 6.92 Å². The zero-order valence-corrected chi connectivity index (χ0v) is 11.5. The minimum Gasteiger partial charge on any atom is -0.329 e. The number of hydrogen-bond donors (Lipinski definition) is 2. The lowest BCUT2D eigenvalue weighted by Gasteiger charge is -2.35. The van der Waals surface area contributed by atoms with Crippen molar-refractivity contribution in [3.63, 3.8) is 0 Å². The number of aryl methyl sites for hydroxylation is 1. The van der Waals surface area contributed by atoms with Crippen molar-refractivity contribution in [3.8, 4) is 0 Å². The van der Waals surface area contributed by atoms with Crippen LogP contribution < -0.4 is 5.73 Å². The average molecular weight is 260 g/mol. The van der Waals surface area contributed by atoms with Crippen LogP contribution in [-0.4, -0.2) is 41.5 Å². The summed E-state index contributed by atoms with van der Waals surface area (Å²) >= 11 is 0. The Hall–Kier alpha value is -0.920. The van der Waals surface area contributed by atoms with Gasteiger partial charge >= 0.3 is 0 Å². The fraction of sp³-hybridized carbons (Fsp3) is 0.700. The number of likely N-dealkylation sites (N-methyl/N-ethyl adjacent to an activating group) is 1. The van der Waals surface area contributed by atoms with E-state index >= 15 is 0 Å². The molecule has 7 heteroatoms. The van der Waals surface area contributed by atoms with Crippen molar-refractivity contribution in [2.45, 2.75) is 38.1 Å². The highest BCUT2D eigenvalue weighted by Crippen LogP contribution is 2.24. The monoisotopic (exact) mass is 260 g/mol. The molecule has 98 valence electrons. The summed E-state index contributed by atoms with van der Waals surface area (Å²) < 4.78 is 26.3. The molecule has 1 aromatic rings. The lowest BCUT2D eigenvalue weighted by Crippen LogP contribution is -2.52. The van der Waals surface area contributed by atoms with Crippen LogP contribution in [0.5, 0.6) is 0 Å². The van der Waals surface area contributed by atoms with Gasteiger partial charge in [-0.05, 0) is 20.8 Å². The van der Waals surface area contributed by atoms with Crippen LogP contribution in [0.4, 0.5) is 0 Å². The Morgan fingerprint density at radius 3 is 2.47 bits per heavy atom. The van der Waals surface area contributed by atoms with Gasteiger partial charge in [0, 0.05) is 18.6 Å². The van der Waals surface area contributed by atoms with Crippen LogP contribution >= 0.6 is 0 Å². The van der Waals surface area contributed by atoms with Gasteiger partial charge in [0.15, 0.2) is 0 Å². The maximum absolute atomic E-state index is 12.5. The van der Waals surface area contributed by atoms with Gasteiger partial charge in [-0.3, -0.25) is 5.10 Å². The minimum absolute atomic E-state index is 0.209. The first-order chi connectivity index (χ1) is 7.77. The highest BCUT2D eigenvalue weighted by Gasteiger charge is 2.36.